The minimum Gasteiger partial charge on any atom is -0.349 e. The van der Waals surface area contributed by atoms with Crippen molar-refractivity contribution in [1.82, 2.24) is 20.1 Å². The van der Waals surface area contributed by atoms with Gasteiger partial charge in [-0.15, -0.1) is 10.2 Å². The molecule has 0 radical (unpaired) electrons. The molecular formula is C20H21FN4OS. The van der Waals surface area contributed by atoms with Gasteiger partial charge in [-0.05, 0) is 31.5 Å². The molecule has 3 aromatic rings. The van der Waals surface area contributed by atoms with Crippen LogP contribution in [0.5, 0.6) is 0 Å². The quantitative estimate of drug-likeness (QED) is 0.624. The van der Waals surface area contributed by atoms with Gasteiger partial charge in [0.1, 0.15) is 5.82 Å². The maximum absolute atomic E-state index is 13.0. The molecule has 1 heterocycles. The van der Waals surface area contributed by atoms with Gasteiger partial charge in [0.05, 0.1) is 11.8 Å². The van der Waals surface area contributed by atoms with E-state index in [9.17, 15) is 9.18 Å². The standard InChI is InChI=1S/C20H21FN4OS/c1-3-25-19(16-7-5-4-6-8-16)23-24-20(25)27-13-18(26)22-14(2)15-9-11-17(21)12-10-15/h4-12,14H,3,13H2,1-2H3,(H,22,26)/t14-/m1/s1. The lowest BCUT2D eigenvalue weighted by molar-refractivity contribution is -0.119. The van der Waals surface area contributed by atoms with Gasteiger partial charge in [0.25, 0.3) is 0 Å². The molecular weight excluding hydrogens is 363 g/mol. The van der Waals surface area contributed by atoms with E-state index in [0.29, 0.717) is 11.7 Å². The van der Waals surface area contributed by atoms with Crippen molar-refractivity contribution >= 4 is 17.7 Å². The van der Waals surface area contributed by atoms with Crippen LogP contribution in [0.1, 0.15) is 25.5 Å². The molecule has 1 aromatic heterocycles. The van der Waals surface area contributed by atoms with Crippen LogP contribution < -0.4 is 5.32 Å². The summed E-state index contributed by atoms with van der Waals surface area (Å²) in [6.07, 6.45) is 0. The number of amides is 1. The van der Waals surface area contributed by atoms with Crippen LogP contribution >= 0.6 is 11.8 Å². The molecule has 0 fully saturated rings. The fourth-order valence-corrected chi connectivity index (χ4v) is 3.54. The van der Waals surface area contributed by atoms with Crippen molar-refractivity contribution in [2.24, 2.45) is 0 Å². The minimum absolute atomic E-state index is 0.108. The summed E-state index contributed by atoms with van der Waals surface area (Å²) in [7, 11) is 0. The summed E-state index contributed by atoms with van der Waals surface area (Å²) in [5.41, 5.74) is 1.85. The number of rotatable bonds is 7. The van der Waals surface area contributed by atoms with Gasteiger partial charge in [-0.3, -0.25) is 4.79 Å². The molecule has 0 saturated heterocycles. The first-order chi connectivity index (χ1) is 13.1. The van der Waals surface area contributed by atoms with Crippen LogP contribution in [0.4, 0.5) is 4.39 Å². The Morgan fingerprint density at radius 3 is 2.52 bits per heavy atom. The number of thioether (sulfide) groups is 1. The number of hydrogen-bond acceptors (Lipinski definition) is 4. The lowest BCUT2D eigenvalue weighted by Gasteiger charge is -2.14. The highest BCUT2D eigenvalue weighted by Crippen LogP contribution is 2.24. The van der Waals surface area contributed by atoms with Crippen LogP contribution in [0.15, 0.2) is 59.8 Å². The van der Waals surface area contributed by atoms with E-state index in [1.165, 1.54) is 23.9 Å². The summed E-state index contributed by atoms with van der Waals surface area (Å²) in [5, 5.41) is 12.1. The second kappa shape index (κ2) is 8.81. The summed E-state index contributed by atoms with van der Waals surface area (Å²) in [4.78, 5) is 12.3. The Bertz CT molecular complexity index is 896. The number of benzene rings is 2. The largest absolute Gasteiger partial charge is 0.349 e. The molecule has 0 saturated carbocycles. The number of nitrogens with zero attached hydrogens (tertiary/aromatic N) is 3. The molecule has 5 nitrogen and oxygen atoms in total. The van der Waals surface area contributed by atoms with Crippen LogP contribution in [0.3, 0.4) is 0 Å². The molecule has 0 spiro atoms. The molecule has 2 aromatic carbocycles. The van der Waals surface area contributed by atoms with Gasteiger partial charge in [-0.2, -0.15) is 0 Å². The van der Waals surface area contributed by atoms with Crippen molar-refractivity contribution in [3.05, 3.63) is 66.0 Å². The monoisotopic (exact) mass is 384 g/mol. The Kier molecular flexibility index (Phi) is 6.24. The van der Waals surface area contributed by atoms with Gasteiger partial charge in [-0.1, -0.05) is 54.2 Å². The topological polar surface area (TPSA) is 59.8 Å². The fraction of sp³-hybridized carbons (Fsp3) is 0.250. The van der Waals surface area contributed by atoms with Gasteiger partial charge in [0.15, 0.2) is 11.0 Å². The van der Waals surface area contributed by atoms with Crippen LogP contribution in [-0.2, 0) is 11.3 Å². The summed E-state index contributed by atoms with van der Waals surface area (Å²) < 4.78 is 15.0. The third kappa shape index (κ3) is 4.74. The van der Waals surface area contributed by atoms with Gasteiger partial charge in [0.2, 0.25) is 5.91 Å². The normalized spacial score (nSPS) is 12.0. The molecule has 0 bridgehead atoms. The van der Waals surface area contributed by atoms with E-state index < -0.39 is 0 Å². The van der Waals surface area contributed by atoms with E-state index in [2.05, 4.69) is 15.5 Å². The van der Waals surface area contributed by atoms with E-state index in [1.807, 2.05) is 48.7 Å². The van der Waals surface area contributed by atoms with Crippen molar-refractivity contribution in [3.8, 4) is 11.4 Å². The van der Waals surface area contributed by atoms with E-state index in [1.54, 1.807) is 12.1 Å². The van der Waals surface area contributed by atoms with Crippen molar-refractivity contribution in [1.29, 1.82) is 0 Å². The third-order valence-corrected chi connectivity index (χ3v) is 5.11. The Balaban J connectivity index is 1.62. The average molecular weight is 384 g/mol. The molecule has 7 heteroatoms. The van der Waals surface area contributed by atoms with E-state index >= 15 is 0 Å². The lowest BCUT2D eigenvalue weighted by Crippen LogP contribution is -2.28. The number of hydrogen-bond donors (Lipinski definition) is 1. The Morgan fingerprint density at radius 2 is 1.85 bits per heavy atom. The Hall–Kier alpha value is -2.67. The highest BCUT2D eigenvalue weighted by molar-refractivity contribution is 7.99. The molecule has 0 unspecified atom stereocenters. The lowest BCUT2D eigenvalue weighted by atomic mass is 10.1. The SMILES string of the molecule is CCn1c(SCC(=O)N[C@H](C)c2ccc(F)cc2)nnc1-c1ccccc1. The number of nitrogens with one attached hydrogen (secondary N) is 1. The molecule has 0 aliphatic rings. The maximum Gasteiger partial charge on any atom is 0.230 e. The van der Waals surface area contributed by atoms with Crippen LogP contribution in [0.2, 0.25) is 0 Å². The predicted molar refractivity (Wildman–Crippen MR) is 105 cm³/mol. The smallest absolute Gasteiger partial charge is 0.230 e. The van der Waals surface area contributed by atoms with Crippen molar-refractivity contribution in [2.75, 3.05) is 5.75 Å². The van der Waals surface area contributed by atoms with Crippen LogP contribution in [0, 0.1) is 5.82 Å². The first kappa shape index (κ1) is 19.1. The number of carbonyl (C=O) groups excluding carboxylic acids is 1. The second-order valence-electron chi connectivity index (χ2n) is 6.05. The summed E-state index contributed by atoms with van der Waals surface area (Å²) in [6, 6.07) is 15.8. The molecule has 0 aliphatic carbocycles. The van der Waals surface area contributed by atoms with Crippen molar-refractivity contribution in [3.63, 3.8) is 0 Å². The average Bonchev–Trinajstić information content (AvgIpc) is 3.10. The zero-order chi connectivity index (χ0) is 19.2. The van der Waals surface area contributed by atoms with E-state index in [-0.39, 0.29) is 23.5 Å². The first-order valence-electron chi connectivity index (χ1n) is 8.74. The molecule has 3 rings (SSSR count). The summed E-state index contributed by atoms with van der Waals surface area (Å²) in [5.74, 6) is 0.628. The van der Waals surface area contributed by atoms with Crippen molar-refractivity contribution < 1.29 is 9.18 Å². The highest BCUT2D eigenvalue weighted by atomic mass is 32.2. The Morgan fingerprint density at radius 1 is 1.15 bits per heavy atom. The molecule has 1 N–H and O–H groups in total. The number of carbonyl (C=O) groups is 1. The van der Waals surface area contributed by atoms with E-state index in [0.717, 1.165) is 17.0 Å². The van der Waals surface area contributed by atoms with Gasteiger partial charge in [-0.25, -0.2) is 4.39 Å². The molecule has 1 atom stereocenters. The van der Waals surface area contributed by atoms with Gasteiger partial charge >= 0.3 is 0 Å². The highest BCUT2D eigenvalue weighted by Gasteiger charge is 2.15. The summed E-state index contributed by atoms with van der Waals surface area (Å²) in [6.45, 7) is 4.61. The second-order valence-corrected chi connectivity index (χ2v) is 6.99. The number of halogens is 1. The zero-order valence-corrected chi connectivity index (χ0v) is 16.0. The van der Waals surface area contributed by atoms with Gasteiger partial charge in [0, 0.05) is 12.1 Å². The summed E-state index contributed by atoms with van der Waals surface area (Å²) >= 11 is 1.35. The third-order valence-electron chi connectivity index (χ3n) is 4.14. The van der Waals surface area contributed by atoms with Gasteiger partial charge < -0.3 is 9.88 Å². The Labute approximate surface area is 162 Å². The maximum atomic E-state index is 13.0. The molecule has 0 aliphatic heterocycles. The van der Waals surface area contributed by atoms with E-state index in [4.69, 9.17) is 0 Å². The number of aromatic nitrogens is 3. The zero-order valence-electron chi connectivity index (χ0n) is 15.2. The minimum atomic E-state index is -0.291. The molecule has 140 valence electrons. The van der Waals surface area contributed by atoms with Crippen molar-refractivity contribution in [2.45, 2.75) is 31.6 Å². The van der Waals surface area contributed by atoms with Crippen LogP contribution in [-0.4, -0.2) is 26.4 Å². The predicted octanol–water partition coefficient (Wildman–Crippen LogP) is 4.07. The first-order valence-corrected chi connectivity index (χ1v) is 9.73. The molecule has 1 amide bonds. The molecule has 27 heavy (non-hydrogen) atoms. The fourth-order valence-electron chi connectivity index (χ4n) is 2.73. The van der Waals surface area contributed by atoms with Crippen LogP contribution in [0.25, 0.3) is 11.4 Å².